The monoisotopic (exact) mass is 493 g/mol. The Morgan fingerprint density at radius 3 is 2.69 bits per heavy atom. The van der Waals surface area contributed by atoms with Gasteiger partial charge in [-0.1, -0.05) is 55.4 Å². The number of aromatic nitrogens is 2. The number of hydrogen-bond donors (Lipinski definition) is 0. The second-order valence-corrected chi connectivity index (χ2v) is 11.0. The van der Waals surface area contributed by atoms with E-state index >= 15 is 0 Å². The summed E-state index contributed by atoms with van der Waals surface area (Å²) in [5.41, 5.74) is 2.64. The fourth-order valence-electron chi connectivity index (χ4n) is 4.00. The normalized spacial score (nSPS) is 16.9. The second kappa shape index (κ2) is 10.1. The van der Waals surface area contributed by atoms with E-state index in [0.717, 1.165) is 40.7 Å². The Morgan fingerprint density at radius 2 is 2.00 bits per heavy atom. The van der Waals surface area contributed by atoms with Gasteiger partial charge in [-0.05, 0) is 42.7 Å². The zero-order valence-corrected chi connectivity index (χ0v) is 20.7. The summed E-state index contributed by atoms with van der Waals surface area (Å²) in [5, 5.41) is 1.57. The standard InChI is InChI=1S/C23H28ClN3O3S2/c1-3-26(4-2)32(28,29)19-11-12-22-21(14-19)25-23(27(22)15-18-9-7-13-30-18)31-16-17-8-5-6-10-20(17)24/h5-6,8,10-12,14,18H,3-4,7,9,13,15-16H2,1-2H3/t18-/m0/s1. The van der Waals surface area contributed by atoms with Gasteiger partial charge < -0.3 is 9.30 Å². The molecular weight excluding hydrogens is 466 g/mol. The van der Waals surface area contributed by atoms with Crippen molar-refractivity contribution in [3.8, 4) is 0 Å². The van der Waals surface area contributed by atoms with E-state index in [1.165, 1.54) is 4.31 Å². The van der Waals surface area contributed by atoms with Gasteiger partial charge in [0.05, 0.1) is 28.6 Å². The van der Waals surface area contributed by atoms with E-state index in [-0.39, 0.29) is 11.0 Å². The Bertz CT molecular complexity index is 1190. The summed E-state index contributed by atoms with van der Waals surface area (Å²) in [5.74, 6) is 0.680. The zero-order chi connectivity index (χ0) is 22.7. The summed E-state index contributed by atoms with van der Waals surface area (Å²) in [6.45, 7) is 6.04. The van der Waals surface area contributed by atoms with E-state index in [4.69, 9.17) is 21.3 Å². The molecule has 6 nitrogen and oxygen atoms in total. The predicted molar refractivity (Wildman–Crippen MR) is 130 cm³/mol. The van der Waals surface area contributed by atoms with Gasteiger partial charge in [-0.2, -0.15) is 4.31 Å². The molecular formula is C23H28ClN3O3S2. The van der Waals surface area contributed by atoms with Gasteiger partial charge >= 0.3 is 0 Å². The van der Waals surface area contributed by atoms with Crippen LogP contribution in [0.4, 0.5) is 0 Å². The molecule has 172 valence electrons. The first-order valence-corrected chi connectivity index (χ1v) is 13.7. The van der Waals surface area contributed by atoms with E-state index < -0.39 is 10.0 Å². The third-order valence-electron chi connectivity index (χ3n) is 5.75. The van der Waals surface area contributed by atoms with Crippen molar-refractivity contribution < 1.29 is 13.2 Å². The van der Waals surface area contributed by atoms with Crippen LogP contribution in [-0.4, -0.2) is 48.1 Å². The van der Waals surface area contributed by atoms with Crippen molar-refractivity contribution in [2.45, 2.75) is 55.1 Å². The molecule has 1 aliphatic heterocycles. The minimum atomic E-state index is -3.54. The van der Waals surface area contributed by atoms with Crippen LogP contribution in [0.2, 0.25) is 5.02 Å². The summed E-state index contributed by atoms with van der Waals surface area (Å²) in [4.78, 5) is 5.10. The number of fused-ring (bicyclic) bond motifs is 1. The van der Waals surface area contributed by atoms with E-state index in [2.05, 4.69) is 4.57 Å². The van der Waals surface area contributed by atoms with Crippen LogP contribution in [-0.2, 0) is 27.1 Å². The maximum atomic E-state index is 13.0. The van der Waals surface area contributed by atoms with Gasteiger partial charge in [0.15, 0.2) is 5.16 Å². The Labute approximate surface area is 199 Å². The number of sulfonamides is 1. The molecule has 2 aromatic carbocycles. The molecule has 1 fully saturated rings. The number of rotatable bonds is 9. The average Bonchev–Trinajstić information content (AvgIpc) is 3.42. The number of benzene rings is 2. The molecule has 0 spiro atoms. The zero-order valence-electron chi connectivity index (χ0n) is 18.3. The molecule has 0 amide bonds. The highest BCUT2D eigenvalue weighted by atomic mass is 35.5. The Balaban J connectivity index is 1.71. The fraction of sp³-hybridized carbons (Fsp3) is 0.435. The number of halogens is 1. The lowest BCUT2D eigenvalue weighted by atomic mass is 10.2. The van der Waals surface area contributed by atoms with Gasteiger partial charge in [0.25, 0.3) is 0 Å². The molecule has 2 heterocycles. The number of imidazole rings is 1. The van der Waals surface area contributed by atoms with Gasteiger partial charge in [-0.3, -0.25) is 0 Å². The van der Waals surface area contributed by atoms with Crippen molar-refractivity contribution in [2.75, 3.05) is 19.7 Å². The fourth-order valence-corrected chi connectivity index (χ4v) is 6.79. The molecule has 0 radical (unpaired) electrons. The van der Waals surface area contributed by atoms with E-state index in [1.54, 1.807) is 23.9 Å². The maximum absolute atomic E-state index is 13.0. The lowest BCUT2D eigenvalue weighted by Crippen LogP contribution is -2.30. The van der Waals surface area contributed by atoms with Crippen molar-refractivity contribution in [3.63, 3.8) is 0 Å². The lowest BCUT2D eigenvalue weighted by molar-refractivity contribution is 0.0960. The average molecular weight is 494 g/mol. The molecule has 32 heavy (non-hydrogen) atoms. The molecule has 1 atom stereocenters. The molecule has 0 saturated carbocycles. The van der Waals surface area contributed by atoms with E-state index in [0.29, 0.717) is 30.9 Å². The summed E-state index contributed by atoms with van der Waals surface area (Å²) >= 11 is 7.95. The van der Waals surface area contributed by atoms with Crippen molar-refractivity contribution in [3.05, 3.63) is 53.1 Å². The Hall–Kier alpha value is -1.58. The topological polar surface area (TPSA) is 64.4 Å². The summed E-state index contributed by atoms with van der Waals surface area (Å²) in [6.07, 6.45) is 2.22. The Morgan fingerprint density at radius 1 is 1.22 bits per heavy atom. The van der Waals surface area contributed by atoms with Gasteiger partial charge in [0.1, 0.15) is 0 Å². The highest BCUT2D eigenvalue weighted by Crippen LogP contribution is 2.32. The SMILES string of the molecule is CCN(CC)S(=O)(=O)c1ccc2c(c1)nc(SCc1ccccc1Cl)n2C[C@@H]1CCCO1. The smallest absolute Gasteiger partial charge is 0.243 e. The molecule has 0 bridgehead atoms. The molecule has 3 aromatic rings. The van der Waals surface area contributed by atoms with Gasteiger partial charge in [0.2, 0.25) is 10.0 Å². The third kappa shape index (κ3) is 4.84. The molecule has 9 heteroatoms. The van der Waals surface area contributed by atoms with Gasteiger partial charge in [0, 0.05) is 30.5 Å². The van der Waals surface area contributed by atoms with Crippen molar-refractivity contribution >= 4 is 44.4 Å². The summed E-state index contributed by atoms with van der Waals surface area (Å²) in [6, 6.07) is 13.0. The number of ether oxygens (including phenoxy) is 1. The van der Waals surface area contributed by atoms with Gasteiger partial charge in [-0.25, -0.2) is 13.4 Å². The van der Waals surface area contributed by atoms with Crippen LogP contribution >= 0.6 is 23.4 Å². The molecule has 0 N–H and O–H groups in total. The molecule has 1 saturated heterocycles. The highest BCUT2D eigenvalue weighted by molar-refractivity contribution is 7.98. The summed E-state index contributed by atoms with van der Waals surface area (Å²) < 4.78 is 35.5. The third-order valence-corrected chi connectivity index (χ3v) is 9.19. The van der Waals surface area contributed by atoms with E-state index in [1.807, 2.05) is 44.2 Å². The number of nitrogens with zero attached hydrogens (tertiary/aromatic N) is 3. The van der Waals surface area contributed by atoms with Crippen LogP contribution in [0.15, 0.2) is 52.5 Å². The minimum absolute atomic E-state index is 0.145. The van der Waals surface area contributed by atoms with Crippen LogP contribution in [0, 0.1) is 0 Å². The Kier molecular flexibility index (Phi) is 7.47. The first-order valence-electron chi connectivity index (χ1n) is 10.9. The van der Waals surface area contributed by atoms with Crippen molar-refractivity contribution in [2.24, 2.45) is 0 Å². The minimum Gasteiger partial charge on any atom is -0.376 e. The first kappa shape index (κ1) is 23.6. The molecule has 1 aliphatic rings. The quantitative estimate of drug-likeness (QED) is 0.384. The van der Waals surface area contributed by atoms with E-state index in [9.17, 15) is 8.42 Å². The van der Waals surface area contributed by atoms with Gasteiger partial charge in [-0.15, -0.1) is 0 Å². The van der Waals surface area contributed by atoms with Crippen LogP contribution in [0.25, 0.3) is 11.0 Å². The van der Waals surface area contributed by atoms with Crippen LogP contribution in [0.3, 0.4) is 0 Å². The highest BCUT2D eigenvalue weighted by Gasteiger charge is 2.24. The lowest BCUT2D eigenvalue weighted by Gasteiger charge is -2.18. The summed E-state index contributed by atoms with van der Waals surface area (Å²) in [7, 11) is -3.54. The largest absolute Gasteiger partial charge is 0.376 e. The first-order chi connectivity index (χ1) is 15.4. The van der Waals surface area contributed by atoms with Crippen molar-refractivity contribution in [1.82, 2.24) is 13.9 Å². The van der Waals surface area contributed by atoms with Crippen LogP contribution in [0.1, 0.15) is 32.3 Å². The van der Waals surface area contributed by atoms with Crippen LogP contribution < -0.4 is 0 Å². The number of thioether (sulfide) groups is 1. The second-order valence-electron chi connectivity index (χ2n) is 7.76. The number of hydrogen-bond acceptors (Lipinski definition) is 5. The molecule has 0 unspecified atom stereocenters. The van der Waals surface area contributed by atoms with Crippen molar-refractivity contribution in [1.29, 1.82) is 0 Å². The molecule has 0 aliphatic carbocycles. The molecule has 1 aromatic heterocycles. The van der Waals surface area contributed by atoms with Crippen LogP contribution in [0.5, 0.6) is 0 Å². The molecule has 4 rings (SSSR count). The maximum Gasteiger partial charge on any atom is 0.243 e. The predicted octanol–water partition coefficient (Wildman–Crippen LogP) is 5.19.